The van der Waals surface area contributed by atoms with Gasteiger partial charge in [0.15, 0.2) is 5.82 Å². The number of imidazole rings is 1. The summed E-state index contributed by atoms with van der Waals surface area (Å²) in [5, 5.41) is 8.57. The molecule has 2 aromatic heterocycles. The molecule has 4 aromatic rings. The van der Waals surface area contributed by atoms with Gasteiger partial charge in [0.2, 0.25) is 0 Å². The third-order valence-electron chi connectivity index (χ3n) is 6.17. The van der Waals surface area contributed by atoms with Crippen molar-refractivity contribution >= 4 is 27.6 Å². The molecule has 167 valence electrons. The van der Waals surface area contributed by atoms with Crippen LogP contribution in [0, 0.1) is 12.3 Å². The highest BCUT2D eigenvalue weighted by Crippen LogP contribution is 2.31. The van der Waals surface area contributed by atoms with Crippen LogP contribution in [0.2, 0.25) is 0 Å². The van der Waals surface area contributed by atoms with E-state index in [1.54, 1.807) is 7.11 Å². The number of hydrogen-bond acceptors (Lipinski definition) is 5. The SMILES string of the molecule is COc1ccc2[nH]nc(-c3nc4ccc(N5C[C@@H](C[CH]C(C)C)OC[C@@H]5C)cc4[nH]3)c2c1. The molecule has 2 N–H and O–H groups in total. The van der Waals surface area contributed by atoms with Crippen molar-refractivity contribution in [3.63, 3.8) is 0 Å². The Labute approximate surface area is 188 Å². The first kappa shape index (κ1) is 20.8. The first-order chi connectivity index (χ1) is 15.5. The van der Waals surface area contributed by atoms with Gasteiger partial charge in [-0.3, -0.25) is 5.10 Å². The fraction of sp³-hybridized carbons (Fsp3) is 0.400. The molecule has 7 nitrogen and oxygen atoms in total. The fourth-order valence-electron chi connectivity index (χ4n) is 4.33. The number of aromatic nitrogens is 4. The zero-order chi connectivity index (χ0) is 22.2. The molecule has 1 aliphatic heterocycles. The summed E-state index contributed by atoms with van der Waals surface area (Å²) >= 11 is 0. The van der Waals surface area contributed by atoms with Crippen molar-refractivity contribution in [1.82, 2.24) is 20.2 Å². The molecule has 0 spiro atoms. The highest BCUT2D eigenvalue weighted by Gasteiger charge is 2.26. The van der Waals surface area contributed by atoms with Crippen molar-refractivity contribution in [1.29, 1.82) is 0 Å². The van der Waals surface area contributed by atoms with E-state index in [1.165, 1.54) is 5.69 Å². The van der Waals surface area contributed by atoms with Gasteiger partial charge in [-0.2, -0.15) is 5.10 Å². The van der Waals surface area contributed by atoms with Crippen molar-refractivity contribution in [2.75, 3.05) is 25.2 Å². The summed E-state index contributed by atoms with van der Waals surface area (Å²) in [4.78, 5) is 10.7. The van der Waals surface area contributed by atoms with E-state index in [4.69, 9.17) is 14.5 Å². The zero-order valence-electron chi connectivity index (χ0n) is 19.1. The van der Waals surface area contributed by atoms with Crippen LogP contribution < -0.4 is 9.64 Å². The molecular formula is C25H30N5O2. The van der Waals surface area contributed by atoms with Crippen LogP contribution in [0.5, 0.6) is 5.75 Å². The van der Waals surface area contributed by atoms with E-state index < -0.39 is 0 Å². The smallest absolute Gasteiger partial charge is 0.159 e. The largest absolute Gasteiger partial charge is 0.497 e. The Morgan fingerprint density at radius 3 is 2.91 bits per heavy atom. The lowest BCUT2D eigenvalue weighted by atomic mass is 10.0. The zero-order valence-corrected chi connectivity index (χ0v) is 19.1. The molecule has 2 atom stereocenters. The van der Waals surface area contributed by atoms with Crippen LogP contribution in [0.3, 0.4) is 0 Å². The maximum absolute atomic E-state index is 6.08. The molecule has 7 heteroatoms. The van der Waals surface area contributed by atoms with Crippen LogP contribution in [-0.4, -0.2) is 52.6 Å². The molecule has 2 aromatic carbocycles. The summed E-state index contributed by atoms with van der Waals surface area (Å²) in [6.45, 7) is 8.27. The van der Waals surface area contributed by atoms with Crippen LogP contribution in [0.15, 0.2) is 36.4 Å². The lowest BCUT2D eigenvalue weighted by Gasteiger charge is -2.40. The second-order valence-corrected chi connectivity index (χ2v) is 8.94. The van der Waals surface area contributed by atoms with Crippen molar-refractivity contribution in [3.05, 3.63) is 42.8 Å². The van der Waals surface area contributed by atoms with E-state index >= 15 is 0 Å². The standard InChI is InChI=1S/C25H30N5O2/c1-15(2)5-7-19-13-30(16(3)14-32-19)17-6-9-22-23(11-17)27-25(26-22)24-20-12-18(31-4)8-10-21(20)28-29-24/h5-6,8-12,15-16,19H,7,13-14H2,1-4H3,(H,26,27)(H,28,29)/t16-,19+/m0/s1. The molecule has 1 radical (unpaired) electrons. The average Bonchev–Trinajstić information content (AvgIpc) is 3.41. The van der Waals surface area contributed by atoms with Gasteiger partial charge in [0.25, 0.3) is 0 Å². The van der Waals surface area contributed by atoms with E-state index in [0.29, 0.717) is 12.0 Å². The van der Waals surface area contributed by atoms with Crippen LogP contribution >= 0.6 is 0 Å². The van der Waals surface area contributed by atoms with Gasteiger partial charge in [-0.15, -0.1) is 0 Å². The summed E-state index contributed by atoms with van der Waals surface area (Å²) < 4.78 is 11.5. The number of nitrogens with one attached hydrogen (secondary N) is 2. The molecule has 3 heterocycles. The van der Waals surface area contributed by atoms with E-state index in [1.807, 2.05) is 18.2 Å². The third kappa shape index (κ3) is 3.93. The average molecular weight is 433 g/mol. The number of benzene rings is 2. The topological polar surface area (TPSA) is 79.1 Å². The second kappa shape index (κ2) is 8.47. The number of fused-ring (bicyclic) bond motifs is 2. The lowest BCUT2D eigenvalue weighted by Crippen LogP contribution is -2.48. The second-order valence-electron chi connectivity index (χ2n) is 8.94. The first-order valence-electron chi connectivity index (χ1n) is 11.3. The van der Waals surface area contributed by atoms with Gasteiger partial charge in [0.1, 0.15) is 11.4 Å². The van der Waals surface area contributed by atoms with Crippen LogP contribution in [0.25, 0.3) is 33.5 Å². The molecular weight excluding hydrogens is 402 g/mol. The summed E-state index contributed by atoms with van der Waals surface area (Å²) in [6.07, 6.45) is 3.55. The Morgan fingerprint density at radius 2 is 2.09 bits per heavy atom. The molecule has 0 unspecified atom stereocenters. The number of rotatable bonds is 6. The van der Waals surface area contributed by atoms with E-state index in [0.717, 1.165) is 58.8 Å². The Morgan fingerprint density at radius 1 is 1.22 bits per heavy atom. The van der Waals surface area contributed by atoms with Crippen LogP contribution in [0.4, 0.5) is 5.69 Å². The van der Waals surface area contributed by atoms with Crippen molar-refractivity contribution in [2.24, 2.45) is 5.92 Å². The minimum Gasteiger partial charge on any atom is -0.497 e. The van der Waals surface area contributed by atoms with Gasteiger partial charge >= 0.3 is 0 Å². The van der Waals surface area contributed by atoms with Crippen molar-refractivity contribution in [2.45, 2.75) is 39.3 Å². The third-order valence-corrected chi connectivity index (χ3v) is 6.17. The van der Waals surface area contributed by atoms with Crippen molar-refractivity contribution < 1.29 is 9.47 Å². The van der Waals surface area contributed by atoms with Gasteiger partial charge in [0, 0.05) is 23.7 Å². The highest BCUT2D eigenvalue weighted by molar-refractivity contribution is 5.94. The van der Waals surface area contributed by atoms with E-state index in [9.17, 15) is 0 Å². The van der Waals surface area contributed by atoms with Crippen LogP contribution in [0.1, 0.15) is 27.2 Å². The van der Waals surface area contributed by atoms with Gasteiger partial charge in [0.05, 0.1) is 36.4 Å². The Balaban J connectivity index is 1.44. The number of anilines is 1. The van der Waals surface area contributed by atoms with Gasteiger partial charge in [-0.1, -0.05) is 13.8 Å². The normalized spacial score (nSPS) is 19.3. The van der Waals surface area contributed by atoms with Gasteiger partial charge in [-0.05, 0) is 62.1 Å². The predicted molar refractivity (Wildman–Crippen MR) is 128 cm³/mol. The molecule has 1 saturated heterocycles. The molecule has 0 saturated carbocycles. The first-order valence-corrected chi connectivity index (χ1v) is 11.3. The number of nitrogens with zero attached hydrogens (tertiary/aromatic N) is 3. The lowest BCUT2D eigenvalue weighted by molar-refractivity contribution is 0.0215. The van der Waals surface area contributed by atoms with Crippen LogP contribution in [-0.2, 0) is 4.74 Å². The Kier molecular flexibility index (Phi) is 5.51. The number of methoxy groups -OCH3 is 1. The van der Waals surface area contributed by atoms with Gasteiger partial charge < -0.3 is 19.4 Å². The highest BCUT2D eigenvalue weighted by atomic mass is 16.5. The number of H-pyrrole nitrogens is 2. The summed E-state index contributed by atoms with van der Waals surface area (Å²) in [5.74, 6) is 2.12. The summed E-state index contributed by atoms with van der Waals surface area (Å²) in [5.41, 5.74) is 4.86. The number of morpholine rings is 1. The maximum atomic E-state index is 6.08. The monoisotopic (exact) mass is 432 g/mol. The number of aromatic amines is 2. The molecule has 1 aliphatic rings. The van der Waals surface area contributed by atoms with E-state index in [2.05, 4.69) is 65.5 Å². The summed E-state index contributed by atoms with van der Waals surface area (Å²) in [6, 6.07) is 12.6. The Hall–Kier alpha value is -3.06. The molecule has 0 bridgehead atoms. The number of hydrogen-bond donors (Lipinski definition) is 2. The van der Waals surface area contributed by atoms with Crippen molar-refractivity contribution in [3.8, 4) is 17.3 Å². The minimum absolute atomic E-state index is 0.229. The van der Waals surface area contributed by atoms with E-state index in [-0.39, 0.29) is 6.10 Å². The molecule has 1 fully saturated rings. The molecule has 0 amide bonds. The van der Waals surface area contributed by atoms with Gasteiger partial charge in [-0.25, -0.2) is 4.98 Å². The summed E-state index contributed by atoms with van der Waals surface area (Å²) in [7, 11) is 1.67. The fourth-order valence-corrected chi connectivity index (χ4v) is 4.33. The predicted octanol–water partition coefficient (Wildman–Crippen LogP) is 4.96. The molecule has 0 aliphatic carbocycles. The minimum atomic E-state index is 0.229. The Bertz CT molecular complexity index is 1230. The molecule has 32 heavy (non-hydrogen) atoms. The number of ether oxygens (including phenoxy) is 2. The maximum Gasteiger partial charge on any atom is 0.159 e. The quantitative estimate of drug-likeness (QED) is 0.450. The molecule has 5 rings (SSSR count).